The SMILES string of the molecule is CCn1cnnc1CNCCS(=O)(=O)C(C)(C)C. The smallest absolute Gasteiger partial charge is 0.156 e. The molecule has 0 aliphatic carbocycles. The van der Waals surface area contributed by atoms with E-state index in [0.717, 1.165) is 12.4 Å². The number of aromatic nitrogens is 3. The molecule has 0 unspecified atom stereocenters. The highest BCUT2D eigenvalue weighted by molar-refractivity contribution is 7.92. The normalized spacial score (nSPS) is 12.9. The fourth-order valence-corrected chi connectivity index (χ4v) is 2.42. The molecule has 0 atom stereocenters. The maximum atomic E-state index is 11.9. The minimum absolute atomic E-state index is 0.136. The van der Waals surface area contributed by atoms with Crippen LogP contribution in [0.3, 0.4) is 0 Å². The van der Waals surface area contributed by atoms with Crippen LogP contribution in [0.2, 0.25) is 0 Å². The first kappa shape index (κ1) is 15.1. The molecular formula is C11H22N4O2S. The molecule has 1 aromatic rings. The lowest BCUT2D eigenvalue weighted by Gasteiger charge is -2.19. The summed E-state index contributed by atoms with van der Waals surface area (Å²) in [5, 5.41) is 10.9. The van der Waals surface area contributed by atoms with E-state index in [1.165, 1.54) is 0 Å². The third-order valence-corrected chi connectivity index (χ3v) is 5.41. The second kappa shape index (κ2) is 5.79. The van der Waals surface area contributed by atoms with Crippen molar-refractivity contribution in [2.45, 2.75) is 45.5 Å². The van der Waals surface area contributed by atoms with E-state index in [0.29, 0.717) is 13.1 Å². The number of sulfone groups is 1. The molecule has 0 spiro atoms. The van der Waals surface area contributed by atoms with Crippen molar-refractivity contribution in [1.82, 2.24) is 20.1 Å². The van der Waals surface area contributed by atoms with Gasteiger partial charge in [0.15, 0.2) is 9.84 Å². The summed E-state index contributed by atoms with van der Waals surface area (Å²) in [4.78, 5) is 0. The highest BCUT2D eigenvalue weighted by atomic mass is 32.2. The van der Waals surface area contributed by atoms with Crippen molar-refractivity contribution in [2.24, 2.45) is 0 Å². The lowest BCUT2D eigenvalue weighted by molar-refractivity contribution is 0.553. The third kappa shape index (κ3) is 3.78. The van der Waals surface area contributed by atoms with Gasteiger partial charge in [0.05, 0.1) is 17.0 Å². The number of rotatable bonds is 6. The van der Waals surface area contributed by atoms with Crippen molar-refractivity contribution in [1.29, 1.82) is 0 Å². The van der Waals surface area contributed by atoms with Gasteiger partial charge in [-0.3, -0.25) is 0 Å². The minimum atomic E-state index is -3.06. The van der Waals surface area contributed by atoms with Crippen molar-refractivity contribution in [3.63, 3.8) is 0 Å². The van der Waals surface area contributed by atoms with E-state index in [1.807, 2.05) is 11.5 Å². The maximum Gasteiger partial charge on any atom is 0.156 e. The largest absolute Gasteiger partial charge is 0.317 e. The van der Waals surface area contributed by atoms with Crippen molar-refractivity contribution in [3.05, 3.63) is 12.2 Å². The Morgan fingerprint density at radius 1 is 1.39 bits per heavy atom. The first-order chi connectivity index (χ1) is 8.28. The van der Waals surface area contributed by atoms with E-state index >= 15 is 0 Å². The molecule has 1 heterocycles. The summed E-state index contributed by atoms with van der Waals surface area (Å²) < 4.78 is 25.0. The van der Waals surface area contributed by atoms with Crippen LogP contribution in [-0.4, -0.2) is 40.2 Å². The molecule has 0 aromatic carbocycles. The van der Waals surface area contributed by atoms with Crippen LogP contribution in [0.25, 0.3) is 0 Å². The molecular weight excluding hydrogens is 252 g/mol. The topological polar surface area (TPSA) is 76.9 Å². The molecule has 0 fully saturated rings. The molecule has 0 saturated heterocycles. The van der Waals surface area contributed by atoms with E-state index < -0.39 is 14.6 Å². The van der Waals surface area contributed by atoms with Crippen molar-refractivity contribution in [2.75, 3.05) is 12.3 Å². The van der Waals surface area contributed by atoms with Crippen LogP contribution in [0.1, 0.15) is 33.5 Å². The van der Waals surface area contributed by atoms with Gasteiger partial charge in [0.2, 0.25) is 0 Å². The van der Waals surface area contributed by atoms with E-state index in [-0.39, 0.29) is 5.75 Å². The van der Waals surface area contributed by atoms with Gasteiger partial charge in [0, 0.05) is 13.1 Å². The molecule has 7 heteroatoms. The van der Waals surface area contributed by atoms with Crippen molar-refractivity contribution in [3.8, 4) is 0 Å². The first-order valence-electron chi connectivity index (χ1n) is 6.07. The molecule has 0 amide bonds. The van der Waals surface area contributed by atoms with Crippen LogP contribution in [0, 0.1) is 0 Å². The molecule has 0 radical (unpaired) electrons. The first-order valence-corrected chi connectivity index (χ1v) is 7.73. The quantitative estimate of drug-likeness (QED) is 0.769. The second-order valence-electron chi connectivity index (χ2n) is 5.14. The fraction of sp³-hybridized carbons (Fsp3) is 0.818. The van der Waals surface area contributed by atoms with Gasteiger partial charge in [-0.15, -0.1) is 10.2 Å². The van der Waals surface area contributed by atoms with Gasteiger partial charge >= 0.3 is 0 Å². The lowest BCUT2D eigenvalue weighted by atomic mass is 10.3. The van der Waals surface area contributed by atoms with Crippen LogP contribution < -0.4 is 5.32 Å². The Kier molecular flexibility index (Phi) is 4.86. The summed E-state index contributed by atoms with van der Waals surface area (Å²) in [6, 6.07) is 0. The van der Waals surface area contributed by atoms with Crippen LogP contribution >= 0.6 is 0 Å². The summed E-state index contributed by atoms with van der Waals surface area (Å²) in [7, 11) is -3.06. The molecule has 1 N–H and O–H groups in total. The summed E-state index contributed by atoms with van der Waals surface area (Å²) in [5.41, 5.74) is 0. The number of aryl methyl sites for hydroxylation is 1. The highest BCUT2D eigenvalue weighted by Gasteiger charge is 2.28. The Balaban J connectivity index is 2.41. The van der Waals surface area contributed by atoms with E-state index in [1.54, 1.807) is 27.1 Å². The average molecular weight is 274 g/mol. The third-order valence-electron chi connectivity index (χ3n) is 2.80. The molecule has 104 valence electrons. The van der Waals surface area contributed by atoms with Crippen LogP contribution in [0.15, 0.2) is 6.33 Å². The molecule has 0 saturated carbocycles. The second-order valence-corrected chi connectivity index (χ2v) is 8.00. The van der Waals surface area contributed by atoms with Gasteiger partial charge in [0.25, 0.3) is 0 Å². The molecule has 1 aromatic heterocycles. The Bertz CT molecular complexity index is 473. The molecule has 18 heavy (non-hydrogen) atoms. The Hall–Kier alpha value is -0.950. The Morgan fingerprint density at radius 2 is 2.06 bits per heavy atom. The van der Waals surface area contributed by atoms with Crippen LogP contribution in [-0.2, 0) is 22.9 Å². The molecule has 0 bridgehead atoms. The molecule has 0 aliphatic rings. The van der Waals surface area contributed by atoms with Gasteiger partial charge < -0.3 is 9.88 Å². The minimum Gasteiger partial charge on any atom is -0.317 e. The molecule has 6 nitrogen and oxygen atoms in total. The summed E-state index contributed by atoms with van der Waals surface area (Å²) >= 11 is 0. The predicted molar refractivity (Wildman–Crippen MR) is 70.9 cm³/mol. The standard InChI is InChI=1S/C11H22N4O2S/c1-5-15-9-13-14-10(15)8-12-6-7-18(16,17)11(2,3)4/h9,12H,5-8H2,1-4H3. The highest BCUT2D eigenvalue weighted by Crippen LogP contribution is 2.15. The van der Waals surface area contributed by atoms with Gasteiger partial charge in [-0.2, -0.15) is 0 Å². The van der Waals surface area contributed by atoms with Gasteiger partial charge in [-0.1, -0.05) is 0 Å². The molecule has 0 aliphatic heterocycles. The zero-order chi connectivity index (χ0) is 13.8. The van der Waals surface area contributed by atoms with E-state index in [4.69, 9.17) is 0 Å². The Morgan fingerprint density at radius 3 is 2.61 bits per heavy atom. The average Bonchev–Trinajstić information content (AvgIpc) is 2.70. The maximum absolute atomic E-state index is 11.9. The number of hydrogen-bond donors (Lipinski definition) is 1. The summed E-state index contributed by atoms with van der Waals surface area (Å²) in [5.74, 6) is 0.960. The van der Waals surface area contributed by atoms with Gasteiger partial charge in [-0.25, -0.2) is 8.42 Å². The van der Waals surface area contributed by atoms with E-state index in [2.05, 4.69) is 15.5 Å². The number of nitrogens with one attached hydrogen (secondary N) is 1. The lowest BCUT2D eigenvalue weighted by Crippen LogP contribution is -2.34. The number of nitrogens with zero attached hydrogens (tertiary/aromatic N) is 3. The van der Waals surface area contributed by atoms with Gasteiger partial charge in [-0.05, 0) is 27.7 Å². The summed E-state index contributed by atoms with van der Waals surface area (Å²) in [6.45, 7) is 8.94. The van der Waals surface area contributed by atoms with Crippen molar-refractivity contribution < 1.29 is 8.42 Å². The monoisotopic (exact) mass is 274 g/mol. The predicted octanol–water partition coefficient (Wildman–Crippen LogP) is 0.601. The zero-order valence-electron chi connectivity index (χ0n) is 11.5. The fourth-order valence-electron chi connectivity index (χ4n) is 1.39. The van der Waals surface area contributed by atoms with Crippen molar-refractivity contribution >= 4 is 9.84 Å². The van der Waals surface area contributed by atoms with Crippen LogP contribution in [0.5, 0.6) is 0 Å². The summed E-state index contributed by atoms with van der Waals surface area (Å²) in [6.07, 6.45) is 1.67. The number of hydrogen-bond acceptors (Lipinski definition) is 5. The van der Waals surface area contributed by atoms with Gasteiger partial charge in [0.1, 0.15) is 12.2 Å². The Labute approximate surface area is 109 Å². The molecule has 1 rings (SSSR count). The zero-order valence-corrected chi connectivity index (χ0v) is 12.3. The van der Waals surface area contributed by atoms with Crippen LogP contribution in [0.4, 0.5) is 0 Å². The van der Waals surface area contributed by atoms with E-state index in [9.17, 15) is 8.42 Å².